The van der Waals surface area contributed by atoms with E-state index in [-0.39, 0.29) is 34.0 Å². The lowest BCUT2D eigenvalue weighted by Gasteiger charge is -2.29. The number of nitrogens with zero attached hydrogens (tertiary/aromatic N) is 4. The molecule has 2 aromatic rings. The first kappa shape index (κ1) is 22.5. The quantitative estimate of drug-likeness (QED) is 0.328. The third kappa shape index (κ3) is 4.44. The fourth-order valence-corrected chi connectivity index (χ4v) is 4.28. The molecule has 0 amide bonds. The summed E-state index contributed by atoms with van der Waals surface area (Å²) in [6.45, 7) is 6.56. The van der Waals surface area contributed by atoms with E-state index < -0.39 is 0 Å². The predicted octanol–water partition coefficient (Wildman–Crippen LogP) is -3.59. The Morgan fingerprint density at radius 2 is 1.10 bits per heavy atom. The van der Waals surface area contributed by atoms with Crippen molar-refractivity contribution in [2.75, 3.05) is 26.2 Å². The molecule has 6 heterocycles. The van der Waals surface area contributed by atoms with Crippen molar-refractivity contribution in [1.82, 2.24) is 9.80 Å². The van der Waals surface area contributed by atoms with Crippen LogP contribution in [-0.4, -0.2) is 36.0 Å². The summed E-state index contributed by atoms with van der Waals surface area (Å²) in [4.78, 5) is 4.85. The number of fused-ring (bicyclic) bond motifs is 6. The van der Waals surface area contributed by atoms with Gasteiger partial charge in [-0.1, -0.05) is 24.3 Å². The van der Waals surface area contributed by atoms with Gasteiger partial charge in [0, 0.05) is 37.4 Å². The number of halogens is 2. The Bertz CT molecular complexity index is 928. The third-order valence-corrected chi connectivity index (χ3v) is 5.74. The summed E-state index contributed by atoms with van der Waals surface area (Å²) >= 11 is 0. The van der Waals surface area contributed by atoms with Gasteiger partial charge in [0.05, 0.1) is 13.1 Å². The summed E-state index contributed by atoms with van der Waals surface area (Å²) in [5, 5.41) is 0. The molecule has 0 unspecified atom stereocenters. The van der Waals surface area contributed by atoms with Crippen LogP contribution in [0.15, 0.2) is 85.2 Å². The lowest BCUT2D eigenvalue weighted by molar-refractivity contribution is -0.703. The second kappa shape index (κ2) is 10.2. The molecule has 0 fully saturated rings. The molecule has 0 saturated carbocycles. The molecule has 6 rings (SSSR count). The van der Waals surface area contributed by atoms with Crippen LogP contribution in [0.2, 0.25) is 0 Å². The van der Waals surface area contributed by atoms with Crippen LogP contribution in [0.1, 0.15) is 11.4 Å². The fourth-order valence-electron chi connectivity index (χ4n) is 4.28. The molecule has 2 aromatic heterocycles. The first-order valence-corrected chi connectivity index (χ1v) is 10.1. The smallest absolute Gasteiger partial charge is 0.228 e. The molecule has 0 radical (unpaired) electrons. The Kier molecular flexibility index (Phi) is 7.67. The molecule has 0 aliphatic carbocycles. The predicted molar refractivity (Wildman–Crippen MR) is 111 cm³/mol. The zero-order chi connectivity index (χ0) is 18.8. The van der Waals surface area contributed by atoms with Gasteiger partial charge in [-0.2, -0.15) is 9.13 Å². The highest BCUT2D eigenvalue weighted by Gasteiger charge is 2.27. The normalized spacial score (nSPS) is 17.3. The minimum Gasteiger partial charge on any atom is -1.00 e. The summed E-state index contributed by atoms with van der Waals surface area (Å²) in [5.41, 5.74) is 5.39. The van der Waals surface area contributed by atoms with E-state index >= 15 is 0 Å². The van der Waals surface area contributed by atoms with Crippen LogP contribution < -0.4 is 43.1 Å². The van der Waals surface area contributed by atoms with Crippen molar-refractivity contribution in [2.24, 2.45) is 0 Å². The Balaban J connectivity index is 0.000000160. The van der Waals surface area contributed by atoms with Gasteiger partial charge in [-0.3, -0.25) is 0 Å². The Morgan fingerprint density at radius 3 is 1.57 bits per heavy atom. The standard InChI is InChI=1S/2C12H13N2.2BrH/c2*1-3-7-13-9-10-14-8-4-2-6-12(14)11(13)5-1;;/h2*1-7H,8-10H2;2*1H/q2*+1;;/p-2. The molecule has 4 aliphatic rings. The van der Waals surface area contributed by atoms with Crippen LogP contribution >= 0.6 is 0 Å². The van der Waals surface area contributed by atoms with Crippen LogP contribution in [0.5, 0.6) is 0 Å². The number of rotatable bonds is 0. The zero-order valence-electron chi connectivity index (χ0n) is 16.9. The van der Waals surface area contributed by atoms with E-state index in [0.29, 0.717) is 0 Å². The molecule has 30 heavy (non-hydrogen) atoms. The van der Waals surface area contributed by atoms with Crippen molar-refractivity contribution in [1.29, 1.82) is 0 Å². The second-order valence-electron chi connectivity index (χ2n) is 7.41. The minimum atomic E-state index is 0. The lowest BCUT2D eigenvalue weighted by Crippen LogP contribution is -3.00. The van der Waals surface area contributed by atoms with Crippen molar-refractivity contribution in [3.8, 4) is 0 Å². The average Bonchev–Trinajstić information content (AvgIpc) is 2.79. The Hall–Kier alpha value is -2.18. The molecule has 4 aliphatic heterocycles. The van der Waals surface area contributed by atoms with E-state index in [4.69, 9.17) is 0 Å². The number of allylic oxidation sites excluding steroid dienone is 4. The summed E-state index contributed by atoms with van der Waals surface area (Å²) < 4.78 is 4.64. The summed E-state index contributed by atoms with van der Waals surface area (Å²) in [5.74, 6) is 0. The average molecular weight is 530 g/mol. The topological polar surface area (TPSA) is 14.2 Å². The molecule has 0 atom stereocenters. The van der Waals surface area contributed by atoms with Gasteiger partial charge < -0.3 is 43.8 Å². The van der Waals surface area contributed by atoms with Gasteiger partial charge in [0.1, 0.15) is 11.4 Å². The molecule has 4 nitrogen and oxygen atoms in total. The summed E-state index contributed by atoms with van der Waals surface area (Å²) in [6, 6.07) is 12.8. The lowest BCUT2D eigenvalue weighted by atomic mass is 10.1. The van der Waals surface area contributed by atoms with E-state index in [1.54, 1.807) is 0 Å². The molecule has 156 valence electrons. The van der Waals surface area contributed by atoms with Gasteiger partial charge in [-0.05, 0) is 24.3 Å². The summed E-state index contributed by atoms with van der Waals surface area (Å²) in [7, 11) is 0. The molecule has 0 saturated heterocycles. The minimum absolute atomic E-state index is 0. The maximum Gasteiger partial charge on any atom is 0.228 e. The number of hydrogen-bond acceptors (Lipinski definition) is 2. The Morgan fingerprint density at radius 1 is 0.633 bits per heavy atom. The number of pyridine rings is 2. The molecule has 0 spiro atoms. The molecular formula is C24H26Br2N4. The van der Waals surface area contributed by atoms with E-state index in [1.807, 2.05) is 0 Å². The van der Waals surface area contributed by atoms with E-state index in [2.05, 4.69) is 104 Å². The van der Waals surface area contributed by atoms with Gasteiger partial charge in [0.2, 0.25) is 11.4 Å². The van der Waals surface area contributed by atoms with Crippen LogP contribution in [0.25, 0.3) is 11.4 Å². The van der Waals surface area contributed by atoms with Gasteiger partial charge in [-0.25, -0.2) is 0 Å². The largest absolute Gasteiger partial charge is 1.00 e. The van der Waals surface area contributed by atoms with E-state index in [1.165, 1.54) is 22.8 Å². The van der Waals surface area contributed by atoms with Crippen LogP contribution in [0.4, 0.5) is 0 Å². The van der Waals surface area contributed by atoms with Gasteiger partial charge in [-0.15, -0.1) is 0 Å². The van der Waals surface area contributed by atoms with Gasteiger partial charge >= 0.3 is 0 Å². The molecule has 0 aromatic carbocycles. The highest BCUT2D eigenvalue weighted by Crippen LogP contribution is 2.22. The van der Waals surface area contributed by atoms with Crippen LogP contribution in [-0.2, 0) is 13.1 Å². The van der Waals surface area contributed by atoms with Gasteiger partial charge in [0.25, 0.3) is 0 Å². The molecular weight excluding hydrogens is 504 g/mol. The van der Waals surface area contributed by atoms with Gasteiger partial charge in [0.15, 0.2) is 25.5 Å². The second-order valence-corrected chi connectivity index (χ2v) is 7.41. The maximum atomic E-state index is 2.43. The zero-order valence-corrected chi connectivity index (χ0v) is 20.0. The monoisotopic (exact) mass is 528 g/mol. The molecule has 0 bridgehead atoms. The third-order valence-electron chi connectivity index (χ3n) is 5.74. The number of aromatic nitrogens is 2. The van der Waals surface area contributed by atoms with Crippen molar-refractivity contribution in [2.45, 2.75) is 13.1 Å². The van der Waals surface area contributed by atoms with Crippen molar-refractivity contribution in [3.63, 3.8) is 0 Å². The maximum absolute atomic E-state index is 2.43. The molecule has 6 heteroatoms. The van der Waals surface area contributed by atoms with E-state index in [9.17, 15) is 0 Å². The summed E-state index contributed by atoms with van der Waals surface area (Å²) in [6.07, 6.45) is 17.4. The fraction of sp³-hybridized carbons (Fsp3) is 0.250. The van der Waals surface area contributed by atoms with Crippen molar-refractivity contribution in [3.05, 3.63) is 96.6 Å². The first-order valence-electron chi connectivity index (χ1n) is 10.1. The van der Waals surface area contributed by atoms with Crippen LogP contribution in [0.3, 0.4) is 0 Å². The van der Waals surface area contributed by atoms with Crippen LogP contribution in [0, 0.1) is 0 Å². The van der Waals surface area contributed by atoms with Crippen molar-refractivity contribution >= 4 is 11.4 Å². The van der Waals surface area contributed by atoms with E-state index in [0.717, 1.165) is 39.3 Å². The number of hydrogen-bond donors (Lipinski definition) is 0. The highest BCUT2D eigenvalue weighted by atomic mass is 79.9. The van der Waals surface area contributed by atoms with Crippen molar-refractivity contribution < 1.29 is 43.1 Å². The highest BCUT2D eigenvalue weighted by molar-refractivity contribution is 5.63. The molecule has 0 N–H and O–H groups in total. The Labute approximate surface area is 199 Å². The SMILES string of the molecule is C1=CCN2CC[n+]3ccccc3C2=C1.C1=CCN2CC[n+]3ccccc3C2=C1.[Br-].[Br-]. The first-order chi connectivity index (χ1) is 13.9.